The van der Waals surface area contributed by atoms with Gasteiger partial charge in [-0.15, -0.1) is 0 Å². The number of nitrogens with zero attached hydrogens (tertiary/aromatic N) is 1. The molecule has 0 amide bonds. The molecule has 0 aromatic heterocycles. The van der Waals surface area contributed by atoms with Crippen LogP contribution in [0.4, 0.5) is 0 Å². The highest BCUT2D eigenvalue weighted by Crippen LogP contribution is 2.04. The van der Waals surface area contributed by atoms with Gasteiger partial charge < -0.3 is 9.94 Å². The summed E-state index contributed by atoms with van der Waals surface area (Å²) in [6, 6.07) is 9.70. The van der Waals surface area contributed by atoms with Crippen molar-refractivity contribution in [3.63, 3.8) is 0 Å². The van der Waals surface area contributed by atoms with Gasteiger partial charge in [0.15, 0.2) is 5.71 Å². The maximum Gasteiger partial charge on any atom is 0.353 e. The van der Waals surface area contributed by atoms with E-state index in [9.17, 15) is 4.79 Å². The van der Waals surface area contributed by atoms with Gasteiger partial charge in [-0.3, -0.25) is 0 Å². The van der Waals surface area contributed by atoms with Crippen molar-refractivity contribution in [3.05, 3.63) is 35.9 Å². The van der Waals surface area contributed by atoms with Gasteiger partial charge in [-0.2, -0.15) is 0 Å². The lowest BCUT2D eigenvalue weighted by molar-refractivity contribution is -0.129. The normalized spacial score (nSPS) is 11.2. The standard InChI is InChI=1S/C12H15NO3/c1-2-16-13-11(12(14)15)9-8-10-6-4-3-5-7-10/h3-7H,2,8-9H2,1H3,(H,14,15)/b13-11-. The molecule has 0 saturated carbocycles. The Hall–Kier alpha value is -1.84. The minimum Gasteiger partial charge on any atom is -0.477 e. The maximum atomic E-state index is 10.8. The van der Waals surface area contributed by atoms with Gasteiger partial charge >= 0.3 is 5.97 Å². The first kappa shape index (κ1) is 12.2. The minimum atomic E-state index is -1.02. The van der Waals surface area contributed by atoms with Crippen LogP contribution in [0.25, 0.3) is 0 Å². The van der Waals surface area contributed by atoms with Gasteiger partial charge in [-0.25, -0.2) is 4.79 Å². The summed E-state index contributed by atoms with van der Waals surface area (Å²) in [6.45, 7) is 2.14. The number of benzene rings is 1. The molecule has 1 rings (SSSR count). The second-order valence-corrected chi connectivity index (χ2v) is 3.25. The predicted octanol–water partition coefficient (Wildman–Crippen LogP) is 2.10. The summed E-state index contributed by atoms with van der Waals surface area (Å²) in [7, 11) is 0. The average molecular weight is 221 g/mol. The van der Waals surface area contributed by atoms with E-state index < -0.39 is 5.97 Å². The molecule has 86 valence electrons. The Labute approximate surface area is 94.5 Å². The van der Waals surface area contributed by atoms with Crippen LogP contribution < -0.4 is 0 Å². The Morgan fingerprint density at radius 1 is 1.38 bits per heavy atom. The summed E-state index contributed by atoms with van der Waals surface area (Å²) >= 11 is 0. The quantitative estimate of drug-likeness (QED) is 0.591. The molecular weight excluding hydrogens is 206 g/mol. The molecule has 1 aromatic carbocycles. The van der Waals surface area contributed by atoms with E-state index in [-0.39, 0.29) is 5.71 Å². The molecule has 0 aliphatic heterocycles. The van der Waals surface area contributed by atoms with E-state index in [4.69, 9.17) is 9.94 Å². The molecule has 4 nitrogen and oxygen atoms in total. The molecular formula is C12H15NO3. The number of oxime groups is 1. The fourth-order valence-corrected chi connectivity index (χ4v) is 1.24. The van der Waals surface area contributed by atoms with Crippen LogP contribution in [0.15, 0.2) is 35.5 Å². The van der Waals surface area contributed by atoms with Crippen molar-refractivity contribution in [3.8, 4) is 0 Å². The Bertz CT molecular complexity index is 360. The molecule has 1 aromatic rings. The summed E-state index contributed by atoms with van der Waals surface area (Å²) in [5, 5.41) is 12.4. The Balaban J connectivity index is 2.54. The van der Waals surface area contributed by atoms with Crippen molar-refractivity contribution in [2.24, 2.45) is 5.16 Å². The first-order chi connectivity index (χ1) is 7.74. The predicted molar refractivity (Wildman–Crippen MR) is 61.5 cm³/mol. The average Bonchev–Trinajstić information content (AvgIpc) is 2.30. The number of aliphatic carboxylic acids is 1. The lowest BCUT2D eigenvalue weighted by atomic mass is 10.1. The molecule has 0 spiro atoms. The number of hydrogen-bond donors (Lipinski definition) is 1. The van der Waals surface area contributed by atoms with Gasteiger partial charge in [0.25, 0.3) is 0 Å². The van der Waals surface area contributed by atoms with Crippen LogP contribution in [0, 0.1) is 0 Å². The summed E-state index contributed by atoms with van der Waals surface area (Å²) in [4.78, 5) is 15.6. The molecule has 0 aliphatic carbocycles. The second kappa shape index (κ2) is 6.61. The van der Waals surface area contributed by atoms with E-state index in [1.54, 1.807) is 6.92 Å². The summed E-state index contributed by atoms with van der Waals surface area (Å²) in [5.74, 6) is -1.02. The number of carboxylic acid groups (broad SMARTS) is 1. The first-order valence-corrected chi connectivity index (χ1v) is 5.20. The molecule has 0 aliphatic rings. The van der Waals surface area contributed by atoms with Crippen molar-refractivity contribution in [2.75, 3.05) is 6.61 Å². The second-order valence-electron chi connectivity index (χ2n) is 3.25. The van der Waals surface area contributed by atoms with E-state index in [2.05, 4.69) is 5.16 Å². The molecule has 0 radical (unpaired) electrons. The van der Waals surface area contributed by atoms with Gasteiger partial charge in [0.2, 0.25) is 0 Å². The molecule has 16 heavy (non-hydrogen) atoms. The highest BCUT2D eigenvalue weighted by Gasteiger charge is 2.10. The monoisotopic (exact) mass is 221 g/mol. The maximum absolute atomic E-state index is 10.8. The van der Waals surface area contributed by atoms with E-state index in [0.29, 0.717) is 19.4 Å². The fraction of sp³-hybridized carbons (Fsp3) is 0.333. The fourth-order valence-electron chi connectivity index (χ4n) is 1.24. The zero-order valence-electron chi connectivity index (χ0n) is 9.22. The lowest BCUT2D eigenvalue weighted by Gasteiger charge is -2.01. The lowest BCUT2D eigenvalue weighted by Crippen LogP contribution is -2.14. The summed E-state index contributed by atoms with van der Waals surface area (Å²) < 4.78 is 0. The summed E-state index contributed by atoms with van der Waals surface area (Å²) in [5.41, 5.74) is 1.15. The van der Waals surface area contributed by atoms with Gasteiger partial charge in [0.05, 0.1) is 0 Å². The van der Waals surface area contributed by atoms with Crippen molar-refractivity contribution in [2.45, 2.75) is 19.8 Å². The van der Waals surface area contributed by atoms with Crippen LogP contribution in [-0.4, -0.2) is 23.4 Å². The topological polar surface area (TPSA) is 58.9 Å². The SMILES string of the molecule is CCO/N=C(/CCc1ccccc1)C(=O)O. The van der Waals surface area contributed by atoms with Crippen molar-refractivity contribution < 1.29 is 14.7 Å². The smallest absolute Gasteiger partial charge is 0.353 e. The zero-order valence-corrected chi connectivity index (χ0v) is 9.22. The van der Waals surface area contributed by atoms with Crippen LogP contribution in [0.5, 0.6) is 0 Å². The van der Waals surface area contributed by atoms with Crippen molar-refractivity contribution in [1.29, 1.82) is 0 Å². The van der Waals surface area contributed by atoms with Crippen LogP contribution in [0.2, 0.25) is 0 Å². The van der Waals surface area contributed by atoms with Crippen LogP contribution >= 0.6 is 0 Å². The molecule has 0 saturated heterocycles. The number of hydrogen-bond acceptors (Lipinski definition) is 3. The van der Waals surface area contributed by atoms with Crippen molar-refractivity contribution >= 4 is 11.7 Å². The van der Waals surface area contributed by atoms with Crippen LogP contribution in [0.3, 0.4) is 0 Å². The largest absolute Gasteiger partial charge is 0.477 e. The third-order valence-electron chi connectivity index (χ3n) is 2.04. The van der Waals surface area contributed by atoms with Crippen LogP contribution in [-0.2, 0) is 16.1 Å². The van der Waals surface area contributed by atoms with Gasteiger partial charge in [0.1, 0.15) is 6.61 Å². The molecule has 0 unspecified atom stereocenters. The molecule has 0 bridgehead atoms. The third-order valence-corrected chi connectivity index (χ3v) is 2.04. The number of aryl methyl sites for hydroxylation is 1. The Morgan fingerprint density at radius 2 is 2.06 bits per heavy atom. The van der Waals surface area contributed by atoms with E-state index >= 15 is 0 Å². The molecule has 0 fully saturated rings. The van der Waals surface area contributed by atoms with Gasteiger partial charge in [0, 0.05) is 6.42 Å². The van der Waals surface area contributed by atoms with Crippen molar-refractivity contribution in [1.82, 2.24) is 0 Å². The molecule has 0 atom stereocenters. The number of carboxylic acids is 1. The van der Waals surface area contributed by atoms with E-state index in [1.165, 1.54) is 0 Å². The van der Waals surface area contributed by atoms with E-state index in [1.807, 2.05) is 30.3 Å². The van der Waals surface area contributed by atoms with E-state index in [0.717, 1.165) is 5.56 Å². The zero-order chi connectivity index (χ0) is 11.8. The first-order valence-electron chi connectivity index (χ1n) is 5.20. The number of rotatable bonds is 6. The Morgan fingerprint density at radius 3 is 2.62 bits per heavy atom. The summed E-state index contributed by atoms with van der Waals surface area (Å²) in [6.07, 6.45) is 1.03. The highest BCUT2D eigenvalue weighted by molar-refractivity contribution is 6.35. The minimum absolute atomic E-state index is 0.0608. The molecule has 1 N–H and O–H groups in total. The van der Waals surface area contributed by atoms with Gasteiger partial charge in [-0.1, -0.05) is 35.5 Å². The van der Waals surface area contributed by atoms with Gasteiger partial charge in [-0.05, 0) is 18.9 Å². The molecule has 4 heteroatoms. The molecule has 0 heterocycles. The van der Waals surface area contributed by atoms with Crippen LogP contribution in [0.1, 0.15) is 18.9 Å². The Kier molecular flexibility index (Phi) is 5.05. The highest BCUT2D eigenvalue weighted by atomic mass is 16.6. The number of carbonyl (C=O) groups is 1. The third kappa shape index (κ3) is 4.13.